The number of hydrogen-bond donors (Lipinski definition) is 1. The molecule has 0 spiro atoms. The van der Waals surface area contributed by atoms with Crippen molar-refractivity contribution in [3.63, 3.8) is 0 Å². The molecule has 1 N–H and O–H groups in total. The van der Waals surface area contributed by atoms with Gasteiger partial charge in [0, 0.05) is 20.0 Å². The van der Waals surface area contributed by atoms with Crippen LogP contribution in [-0.2, 0) is 16.1 Å². The first-order chi connectivity index (χ1) is 9.26. The standard InChI is InChI=1S/C15H21NO4/c1-15(2,14(18)19)9-13(17)16(3)10-11-5-7-12(20-4)8-6-11/h5-8H,9-10H2,1-4H3,(H,18,19). The van der Waals surface area contributed by atoms with Gasteiger partial charge >= 0.3 is 5.97 Å². The van der Waals surface area contributed by atoms with Gasteiger partial charge in [-0.25, -0.2) is 0 Å². The first kappa shape index (κ1) is 16.0. The number of carboxylic acids is 1. The highest BCUT2D eigenvalue weighted by Gasteiger charge is 2.31. The first-order valence-corrected chi connectivity index (χ1v) is 6.36. The zero-order valence-electron chi connectivity index (χ0n) is 12.3. The molecule has 0 aromatic heterocycles. The number of amides is 1. The second-order valence-electron chi connectivity index (χ2n) is 5.46. The molecule has 1 aromatic carbocycles. The average molecular weight is 279 g/mol. The van der Waals surface area contributed by atoms with E-state index in [0.717, 1.165) is 11.3 Å². The Labute approximate surface area is 119 Å². The smallest absolute Gasteiger partial charge is 0.309 e. The molecule has 0 radical (unpaired) electrons. The number of rotatable bonds is 6. The average Bonchev–Trinajstić information content (AvgIpc) is 2.38. The number of ether oxygens (including phenoxy) is 1. The molecule has 0 fully saturated rings. The fraction of sp³-hybridized carbons (Fsp3) is 0.467. The van der Waals surface area contributed by atoms with E-state index in [9.17, 15) is 9.59 Å². The van der Waals surface area contributed by atoms with Crippen LogP contribution in [0.25, 0.3) is 0 Å². The molecule has 0 atom stereocenters. The Kier molecular flexibility index (Phi) is 5.13. The van der Waals surface area contributed by atoms with Gasteiger partial charge in [-0.15, -0.1) is 0 Å². The maximum Gasteiger partial charge on any atom is 0.309 e. The number of carbonyl (C=O) groups excluding carboxylic acids is 1. The molecule has 0 unspecified atom stereocenters. The summed E-state index contributed by atoms with van der Waals surface area (Å²) in [5.74, 6) is -0.397. The van der Waals surface area contributed by atoms with Gasteiger partial charge in [-0.05, 0) is 31.5 Å². The summed E-state index contributed by atoms with van der Waals surface area (Å²) in [6, 6.07) is 7.42. The highest BCUT2D eigenvalue weighted by atomic mass is 16.5. The minimum absolute atomic E-state index is 0.0189. The minimum atomic E-state index is -1.05. The molecule has 0 aliphatic rings. The van der Waals surface area contributed by atoms with Gasteiger partial charge in [0.15, 0.2) is 0 Å². The summed E-state index contributed by atoms with van der Waals surface area (Å²) in [4.78, 5) is 24.6. The maximum atomic E-state index is 12.0. The molecule has 1 amide bonds. The van der Waals surface area contributed by atoms with Gasteiger partial charge in [-0.2, -0.15) is 0 Å². The van der Waals surface area contributed by atoms with Crippen LogP contribution in [-0.4, -0.2) is 36.0 Å². The summed E-state index contributed by atoms with van der Waals surface area (Å²) in [6.07, 6.45) is -0.0189. The monoisotopic (exact) mass is 279 g/mol. The molecule has 20 heavy (non-hydrogen) atoms. The number of benzene rings is 1. The molecule has 5 nitrogen and oxygen atoms in total. The Morgan fingerprint density at radius 2 is 1.80 bits per heavy atom. The summed E-state index contributed by atoms with van der Waals surface area (Å²) < 4.78 is 5.07. The third-order valence-electron chi connectivity index (χ3n) is 3.18. The lowest BCUT2D eigenvalue weighted by atomic mass is 9.89. The lowest BCUT2D eigenvalue weighted by Gasteiger charge is -2.23. The lowest BCUT2D eigenvalue weighted by molar-refractivity contribution is -0.151. The van der Waals surface area contributed by atoms with Crippen molar-refractivity contribution in [2.45, 2.75) is 26.8 Å². The molecular weight excluding hydrogens is 258 g/mol. The van der Waals surface area contributed by atoms with Crippen molar-refractivity contribution < 1.29 is 19.4 Å². The molecule has 0 heterocycles. The van der Waals surface area contributed by atoms with Gasteiger partial charge in [0.05, 0.1) is 12.5 Å². The topological polar surface area (TPSA) is 66.8 Å². The van der Waals surface area contributed by atoms with Gasteiger partial charge in [-0.3, -0.25) is 9.59 Å². The van der Waals surface area contributed by atoms with E-state index in [4.69, 9.17) is 9.84 Å². The van der Waals surface area contributed by atoms with Gasteiger partial charge in [-0.1, -0.05) is 12.1 Å². The largest absolute Gasteiger partial charge is 0.497 e. The Hall–Kier alpha value is -2.04. The summed E-state index contributed by atoms with van der Waals surface area (Å²) >= 11 is 0. The van der Waals surface area contributed by atoms with Crippen molar-refractivity contribution >= 4 is 11.9 Å². The predicted octanol–water partition coefficient (Wildman–Crippen LogP) is 2.15. The maximum absolute atomic E-state index is 12.0. The number of carboxylic acid groups (broad SMARTS) is 1. The van der Waals surface area contributed by atoms with Gasteiger partial charge in [0.2, 0.25) is 5.91 Å². The van der Waals surface area contributed by atoms with Crippen LogP contribution < -0.4 is 4.74 Å². The van der Waals surface area contributed by atoms with E-state index < -0.39 is 11.4 Å². The summed E-state index contributed by atoms with van der Waals surface area (Å²) in [5.41, 5.74) is -0.0830. The Morgan fingerprint density at radius 1 is 1.25 bits per heavy atom. The number of hydrogen-bond acceptors (Lipinski definition) is 3. The van der Waals surface area contributed by atoms with Crippen molar-refractivity contribution in [3.05, 3.63) is 29.8 Å². The highest BCUT2D eigenvalue weighted by molar-refractivity contribution is 5.84. The predicted molar refractivity (Wildman–Crippen MR) is 75.5 cm³/mol. The fourth-order valence-electron chi connectivity index (χ4n) is 1.68. The highest BCUT2D eigenvalue weighted by Crippen LogP contribution is 2.22. The molecule has 0 saturated carbocycles. The number of aliphatic carboxylic acids is 1. The van der Waals surface area contributed by atoms with E-state index in [1.807, 2.05) is 24.3 Å². The molecule has 0 bridgehead atoms. The van der Waals surface area contributed by atoms with E-state index in [0.29, 0.717) is 6.54 Å². The van der Waals surface area contributed by atoms with Crippen LogP contribution in [0.15, 0.2) is 24.3 Å². The molecular formula is C15H21NO4. The second kappa shape index (κ2) is 6.41. The number of nitrogens with zero attached hydrogens (tertiary/aromatic N) is 1. The lowest BCUT2D eigenvalue weighted by Crippen LogP contribution is -2.34. The van der Waals surface area contributed by atoms with Crippen molar-refractivity contribution in [1.82, 2.24) is 4.90 Å². The van der Waals surface area contributed by atoms with E-state index in [-0.39, 0.29) is 12.3 Å². The summed E-state index contributed by atoms with van der Waals surface area (Å²) in [7, 11) is 3.27. The van der Waals surface area contributed by atoms with Crippen LogP contribution in [0, 0.1) is 5.41 Å². The first-order valence-electron chi connectivity index (χ1n) is 6.36. The normalized spacial score (nSPS) is 11.0. The molecule has 0 aliphatic carbocycles. The van der Waals surface area contributed by atoms with Crippen LogP contribution in [0.3, 0.4) is 0 Å². The number of carbonyl (C=O) groups is 2. The van der Waals surface area contributed by atoms with Gasteiger partial charge in [0.1, 0.15) is 5.75 Å². The van der Waals surface area contributed by atoms with Gasteiger partial charge in [0.25, 0.3) is 0 Å². The van der Waals surface area contributed by atoms with Gasteiger partial charge < -0.3 is 14.7 Å². The van der Waals surface area contributed by atoms with Crippen molar-refractivity contribution in [3.8, 4) is 5.75 Å². The minimum Gasteiger partial charge on any atom is -0.497 e. The zero-order valence-corrected chi connectivity index (χ0v) is 12.3. The molecule has 1 rings (SSSR count). The van der Waals surface area contributed by atoms with Crippen molar-refractivity contribution in [1.29, 1.82) is 0 Å². The Morgan fingerprint density at radius 3 is 2.25 bits per heavy atom. The Balaban J connectivity index is 2.63. The van der Waals surface area contributed by atoms with Crippen LogP contribution in [0.5, 0.6) is 5.75 Å². The SMILES string of the molecule is COc1ccc(CN(C)C(=O)CC(C)(C)C(=O)O)cc1. The van der Waals surface area contributed by atoms with E-state index in [1.54, 1.807) is 28.0 Å². The van der Waals surface area contributed by atoms with E-state index in [1.165, 1.54) is 4.90 Å². The molecule has 1 aromatic rings. The zero-order chi connectivity index (χ0) is 15.3. The molecule has 5 heteroatoms. The third-order valence-corrected chi connectivity index (χ3v) is 3.18. The number of methoxy groups -OCH3 is 1. The van der Waals surface area contributed by atoms with Crippen molar-refractivity contribution in [2.24, 2.45) is 5.41 Å². The summed E-state index contributed by atoms with van der Waals surface area (Å²) in [5, 5.41) is 9.03. The van der Waals surface area contributed by atoms with Crippen LogP contribution in [0.1, 0.15) is 25.8 Å². The Bertz CT molecular complexity index is 479. The van der Waals surface area contributed by atoms with Crippen LogP contribution in [0.4, 0.5) is 0 Å². The summed E-state index contributed by atoms with van der Waals surface area (Å²) in [6.45, 7) is 3.54. The van der Waals surface area contributed by atoms with E-state index >= 15 is 0 Å². The quantitative estimate of drug-likeness (QED) is 0.866. The van der Waals surface area contributed by atoms with Crippen LogP contribution >= 0.6 is 0 Å². The van der Waals surface area contributed by atoms with Crippen LogP contribution in [0.2, 0.25) is 0 Å². The van der Waals surface area contributed by atoms with E-state index in [2.05, 4.69) is 0 Å². The molecule has 0 aliphatic heterocycles. The van der Waals surface area contributed by atoms with Crippen molar-refractivity contribution in [2.75, 3.05) is 14.2 Å². The second-order valence-corrected chi connectivity index (χ2v) is 5.46. The third kappa shape index (κ3) is 4.26. The molecule has 0 saturated heterocycles. The molecule has 110 valence electrons. The fourth-order valence-corrected chi connectivity index (χ4v) is 1.68.